The van der Waals surface area contributed by atoms with Gasteiger partial charge >= 0.3 is 6.18 Å². The molecule has 0 aliphatic carbocycles. The van der Waals surface area contributed by atoms with Crippen LogP contribution in [-0.4, -0.2) is 90.5 Å². The summed E-state index contributed by atoms with van der Waals surface area (Å²) in [6.45, 7) is 7.13. The SMILES string of the molecule is CCOc1ncccc1-c1ccc(N2CCN(C(=O)c3ccc(Cl)cc3C(F)(F)F)C[C@H]2CC)c(C(=O)NCC2CN(C)C2)n1. The molecule has 1 atom stereocenters. The molecule has 2 saturated heterocycles. The number of anilines is 1. The van der Waals surface area contributed by atoms with Crippen molar-refractivity contribution in [2.45, 2.75) is 32.5 Å². The Morgan fingerprint density at radius 3 is 2.56 bits per heavy atom. The van der Waals surface area contributed by atoms with Gasteiger partial charge in [-0.25, -0.2) is 9.97 Å². The second-order valence-electron chi connectivity index (χ2n) is 11.3. The number of benzene rings is 1. The molecular formula is C32H36ClF3N6O3. The topological polar surface area (TPSA) is 90.9 Å². The summed E-state index contributed by atoms with van der Waals surface area (Å²) in [5, 5.41) is 2.95. The monoisotopic (exact) mass is 644 g/mol. The molecule has 5 rings (SSSR count). The van der Waals surface area contributed by atoms with Gasteiger partial charge in [-0.15, -0.1) is 0 Å². The maximum Gasteiger partial charge on any atom is 0.417 e. The number of carbonyl (C=O) groups is 2. The first kappa shape index (κ1) is 32.5. The van der Waals surface area contributed by atoms with Gasteiger partial charge in [-0.1, -0.05) is 18.5 Å². The standard InChI is InChI=1S/C32H36ClF3N6O3/c1-4-22-19-41(31(44)23-9-8-21(33)15-25(23)32(34,35)36)13-14-42(22)27-11-10-26(24-7-6-12-37-30(24)45-5-2)39-28(27)29(43)38-16-20-17-40(3)18-20/h6-12,15,20,22H,4-5,13-14,16-19H2,1-3H3,(H,38,43)/t22-/m1/s1. The van der Waals surface area contributed by atoms with E-state index in [0.29, 0.717) is 54.9 Å². The number of nitrogens with one attached hydrogen (secondary N) is 1. The fraction of sp³-hybridized carbons (Fsp3) is 0.438. The molecule has 45 heavy (non-hydrogen) atoms. The Bertz CT molecular complexity index is 1550. The summed E-state index contributed by atoms with van der Waals surface area (Å²) in [5.74, 6) is -0.286. The summed E-state index contributed by atoms with van der Waals surface area (Å²) in [6.07, 6.45) is -2.53. The van der Waals surface area contributed by atoms with E-state index in [1.54, 1.807) is 18.3 Å². The number of alkyl halides is 3. The van der Waals surface area contributed by atoms with Gasteiger partial charge in [0.2, 0.25) is 5.88 Å². The molecular weight excluding hydrogens is 609 g/mol. The molecule has 13 heteroatoms. The van der Waals surface area contributed by atoms with E-state index >= 15 is 0 Å². The lowest BCUT2D eigenvalue weighted by Crippen LogP contribution is -2.55. The highest BCUT2D eigenvalue weighted by Gasteiger charge is 2.38. The van der Waals surface area contributed by atoms with Gasteiger partial charge in [0.25, 0.3) is 11.8 Å². The summed E-state index contributed by atoms with van der Waals surface area (Å²) in [5.41, 5.74) is 0.477. The number of piperazine rings is 1. The summed E-state index contributed by atoms with van der Waals surface area (Å²) >= 11 is 5.84. The first-order chi connectivity index (χ1) is 21.5. The van der Waals surface area contributed by atoms with Crippen LogP contribution in [0.25, 0.3) is 11.3 Å². The summed E-state index contributed by atoms with van der Waals surface area (Å²) in [4.78, 5) is 41.9. The average Bonchev–Trinajstić information content (AvgIpc) is 3.01. The van der Waals surface area contributed by atoms with Crippen LogP contribution in [0.3, 0.4) is 0 Å². The van der Waals surface area contributed by atoms with Crippen LogP contribution in [-0.2, 0) is 6.18 Å². The highest BCUT2D eigenvalue weighted by molar-refractivity contribution is 6.30. The average molecular weight is 645 g/mol. The molecule has 2 fully saturated rings. The van der Waals surface area contributed by atoms with Crippen molar-refractivity contribution in [2.24, 2.45) is 5.92 Å². The number of carbonyl (C=O) groups excluding carboxylic acids is 2. The first-order valence-corrected chi connectivity index (χ1v) is 15.4. The third kappa shape index (κ3) is 7.17. The van der Waals surface area contributed by atoms with Crippen LogP contribution < -0.4 is 15.0 Å². The van der Waals surface area contributed by atoms with Crippen LogP contribution in [0, 0.1) is 5.92 Å². The van der Waals surface area contributed by atoms with Crippen molar-refractivity contribution >= 4 is 29.1 Å². The summed E-state index contributed by atoms with van der Waals surface area (Å²) < 4.78 is 47.1. The van der Waals surface area contributed by atoms with Gasteiger partial charge in [-0.05, 0) is 62.9 Å². The maximum atomic E-state index is 13.8. The van der Waals surface area contributed by atoms with Crippen LogP contribution >= 0.6 is 11.6 Å². The van der Waals surface area contributed by atoms with Gasteiger partial charge in [0.15, 0.2) is 5.69 Å². The van der Waals surface area contributed by atoms with Crippen LogP contribution in [0.4, 0.5) is 18.9 Å². The van der Waals surface area contributed by atoms with Gasteiger partial charge in [0.05, 0.1) is 34.7 Å². The van der Waals surface area contributed by atoms with Crippen molar-refractivity contribution in [1.82, 2.24) is 25.1 Å². The Balaban J connectivity index is 1.44. The molecule has 2 aliphatic rings. The minimum atomic E-state index is -4.73. The van der Waals surface area contributed by atoms with E-state index in [9.17, 15) is 22.8 Å². The lowest BCUT2D eigenvalue weighted by atomic mass is 10.0. The molecule has 0 spiro atoms. The van der Waals surface area contributed by atoms with E-state index < -0.39 is 23.2 Å². The number of nitrogens with zero attached hydrogens (tertiary/aromatic N) is 5. The number of halogens is 4. The minimum Gasteiger partial charge on any atom is -0.477 e. The van der Waals surface area contributed by atoms with Crippen LogP contribution in [0.15, 0.2) is 48.7 Å². The Labute approximate surface area is 265 Å². The number of rotatable bonds is 9. The number of hydrogen-bond acceptors (Lipinski definition) is 7. The zero-order valence-corrected chi connectivity index (χ0v) is 26.2. The van der Waals surface area contributed by atoms with Crippen molar-refractivity contribution in [1.29, 1.82) is 0 Å². The molecule has 3 aromatic rings. The minimum absolute atomic E-state index is 0.0964. The second kappa shape index (κ2) is 13.6. The van der Waals surface area contributed by atoms with E-state index in [2.05, 4.69) is 15.2 Å². The Hall–Kier alpha value is -3.90. The van der Waals surface area contributed by atoms with Crippen LogP contribution in [0.1, 0.15) is 46.7 Å². The number of aromatic nitrogens is 2. The first-order valence-electron chi connectivity index (χ1n) is 15.0. The quantitative estimate of drug-likeness (QED) is 0.341. The van der Waals surface area contributed by atoms with Crippen molar-refractivity contribution < 1.29 is 27.5 Å². The van der Waals surface area contributed by atoms with E-state index in [4.69, 9.17) is 21.3 Å². The zero-order valence-electron chi connectivity index (χ0n) is 25.4. The van der Waals surface area contributed by atoms with E-state index in [1.807, 2.05) is 37.9 Å². The molecule has 9 nitrogen and oxygen atoms in total. The fourth-order valence-electron chi connectivity index (χ4n) is 5.93. The number of hydrogen-bond donors (Lipinski definition) is 1. The molecule has 0 bridgehead atoms. The fourth-order valence-corrected chi connectivity index (χ4v) is 6.10. The lowest BCUT2D eigenvalue weighted by molar-refractivity contribution is -0.138. The summed E-state index contributed by atoms with van der Waals surface area (Å²) in [6, 6.07) is 10.2. The lowest BCUT2D eigenvalue weighted by Gasteiger charge is -2.43. The molecule has 240 valence electrons. The van der Waals surface area contributed by atoms with E-state index in [-0.39, 0.29) is 35.8 Å². The van der Waals surface area contributed by atoms with Crippen LogP contribution in [0.5, 0.6) is 5.88 Å². The molecule has 0 radical (unpaired) electrons. The van der Waals surface area contributed by atoms with Gasteiger partial charge in [0, 0.05) is 62.4 Å². The van der Waals surface area contributed by atoms with Gasteiger partial charge in [0.1, 0.15) is 0 Å². The predicted molar refractivity (Wildman–Crippen MR) is 166 cm³/mol. The smallest absolute Gasteiger partial charge is 0.417 e. The molecule has 1 aromatic carbocycles. The van der Waals surface area contributed by atoms with Crippen molar-refractivity contribution in [3.05, 3.63) is 70.5 Å². The molecule has 0 unspecified atom stereocenters. The number of ether oxygens (including phenoxy) is 1. The molecule has 4 heterocycles. The predicted octanol–water partition coefficient (Wildman–Crippen LogP) is 5.25. The molecule has 2 aromatic heterocycles. The Kier molecular flexibility index (Phi) is 9.83. The van der Waals surface area contributed by atoms with Gasteiger partial charge < -0.3 is 24.8 Å². The number of amides is 2. The molecule has 1 N–H and O–H groups in total. The molecule has 0 saturated carbocycles. The normalized spacial score (nSPS) is 17.6. The largest absolute Gasteiger partial charge is 0.477 e. The Morgan fingerprint density at radius 2 is 1.87 bits per heavy atom. The van der Waals surface area contributed by atoms with Crippen LogP contribution in [0.2, 0.25) is 5.02 Å². The van der Waals surface area contributed by atoms with Crippen molar-refractivity contribution in [3.8, 4) is 17.1 Å². The zero-order chi connectivity index (χ0) is 32.3. The molecule has 2 amide bonds. The highest BCUT2D eigenvalue weighted by Crippen LogP contribution is 2.36. The van der Waals surface area contributed by atoms with Gasteiger partial charge in [-0.3, -0.25) is 9.59 Å². The second-order valence-corrected chi connectivity index (χ2v) is 11.8. The third-order valence-electron chi connectivity index (χ3n) is 8.18. The molecule has 2 aliphatic heterocycles. The third-order valence-corrected chi connectivity index (χ3v) is 8.41. The van der Waals surface area contributed by atoms with Crippen molar-refractivity contribution in [3.63, 3.8) is 0 Å². The van der Waals surface area contributed by atoms with E-state index in [0.717, 1.165) is 25.2 Å². The Morgan fingerprint density at radius 1 is 1.09 bits per heavy atom. The van der Waals surface area contributed by atoms with Crippen molar-refractivity contribution in [2.75, 3.05) is 57.8 Å². The summed E-state index contributed by atoms with van der Waals surface area (Å²) in [7, 11) is 2.03. The highest BCUT2D eigenvalue weighted by atomic mass is 35.5. The maximum absolute atomic E-state index is 13.8. The number of pyridine rings is 2. The number of likely N-dealkylation sites (tertiary alicyclic amines) is 1. The van der Waals surface area contributed by atoms with E-state index in [1.165, 1.54) is 11.0 Å². The van der Waals surface area contributed by atoms with Gasteiger partial charge in [-0.2, -0.15) is 13.2 Å².